The lowest BCUT2D eigenvalue weighted by Gasteiger charge is -2.34. The smallest absolute Gasteiger partial charge is 0.251 e. The fraction of sp³-hybridized carbons (Fsp3) is 0.417. The molecule has 3 rings (SSSR count). The summed E-state index contributed by atoms with van der Waals surface area (Å²) in [6.45, 7) is 8.52. The highest BCUT2D eigenvalue weighted by atomic mass is 32.2. The van der Waals surface area contributed by atoms with Gasteiger partial charge in [-0.15, -0.1) is 0 Å². The first kappa shape index (κ1) is 24.7. The summed E-state index contributed by atoms with van der Waals surface area (Å²) in [6, 6.07) is 11.7. The lowest BCUT2D eigenvalue weighted by molar-refractivity contribution is -0.131. The van der Waals surface area contributed by atoms with Crippen molar-refractivity contribution < 1.29 is 23.1 Å². The van der Waals surface area contributed by atoms with Crippen molar-refractivity contribution in [3.05, 3.63) is 59.2 Å². The third kappa shape index (κ3) is 5.72. The molecule has 2 aromatic carbocycles. The molecule has 2 aromatic rings. The van der Waals surface area contributed by atoms with Crippen LogP contribution in [-0.2, 0) is 20.2 Å². The molecule has 1 heterocycles. The van der Waals surface area contributed by atoms with Crippen molar-refractivity contribution >= 4 is 21.8 Å². The number of amides is 2. The number of nitrogens with zero attached hydrogens (tertiary/aromatic N) is 2. The third-order valence-electron chi connectivity index (χ3n) is 5.74. The van der Waals surface area contributed by atoms with Gasteiger partial charge in [0.2, 0.25) is 15.9 Å². The molecule has 0 saturated carbocycles. The first-order valence-electron chi connectivity index (χ1n) is 10.9. The van der Waals surface area contributed by atoms with Crippen LogP contribution < -0.4 is 5.32 Å². The second-order valence-electron chi connectivity index (χ2n) is 9.27. The number of rotatable bonds is 5. The van der Waals surface area contributed by atoms with Crippen LogP contribution in [-0.4, -0.2) is 67.3 Å². The van der Waals surface area contributed by atoms with Crippen LogP contribution in [0.2, 0.25) is 0 Å². The van der Waals surface area contributed by atoms with Crippen LogP contribution in [0.5, 0.6) is 5.75 Å². The number of phenolic OH excluding ortho intramolecular Hbond substituents is 1. The number of sulfonamides is 1. The average molecular weight is 474 g/mol. The maximum absolute atomic E-state index is 12.9. The van der Waals surface area contributed by atoms with E-state index in [4.69, 9.17) is 0 Å². The summed E-state index contributed by atoms with van der Waals surface area (Å²) in [5.41, 5.74) is 2.30. The summed E-state index contributed by atoms with van der Waals surface area (Å²) in [4.78, 5) is 26.3. The molecule has 2 N–H and O–H groups in total. The SMILES string of the molecule is Cc1ccc(O)c(S(=O)(=O)N2CCN(C(=O)CNC(=O)c3ccc(C(C)(C)C)cc3)CC2)c1. The van der Waals surface area contributed by atoms with E-state index in [1.165, 1.54) is 21.3 Å². The van der Waals surface area contributed by atoms with Crippen molar-refractivity contribution in [3.8, 4) is 5.75 Å². The summed E-state index contributed by atoms with van der Waals surface area (Å²) >= 11 is 0. The van der Waals surface area contributed by atoms with Crippen LogP contribution in [0.4, 0.5) is 0 Å². The molecule has 0 unspecified atom stereocenters. The fourth-order valence-corrected chi connectivity index (χ4v) is 5.23. The summed E-state index contributed by atoms with van der Waals surface area (Å²) in [5.74, 6) is -0.901. The molecular weight excluding hydrogens is 442 g/mol. The topological polar surface area (TPSA) is 107 Å². The number of aromatic hydroxyl groups is 1. The minimum absolute atomic E-state index is 0.0152. The van der Waals surface area contributed by atoms with E-state index < -0.39 is 10.0 Å². The largest absolute Gasteiger partial charge is 0.507 e. The van der Waals surface area contributed by atoms with Gasteiger partial charge in [0.25, 0.3) is 5.91 Å². The standard InChI is InChI=1S/C24H31N3O5S/c1-17-5-10-20(28)21(15-17)33(31,32)27-13-11-26(12-14-27)22(29)16-25-23(30)18-6-8-19(9-7-18)24(2,3)4/h5-10,15,28H,11-14,16H2,1-4H3,(H,25,30). The Morgan fingerprint density at radius 1 is 1.00 bits per heavy atom. The maximum Gasteiger partial charge on any atom is 0.251 e. The average Bonchev–Trinajstić information content (AvgIpc) is 2.78. The molecule has 0 aromatic heterocycles. The zero-order chi connectivity index (χ0) is 24.4. The van der Waals surface area contributed by atoms with E-state index in [0.29, 0.717) is 5.56 Å². The summed E-state index contributed by atoms with van der Waals surface area (Å²) in [7, 11) is -3.86. The molecule has 8 nitrogen and oxygen atoms in total. The molecule has 0 bridgehead atoms. The quantitative estimate of drug-likeness (QED) is 0.693. The maximum atomic E-state index is 12.9. The fourth-order valence-electron chi connectivity index (χ4n) is 3.64. The molecular formula is C24H31N3O5S. The van der Waals surface area contributed by atoms with E-state index in [1.54, 1.807) is 25.1 Å². The van der Waals surface area contributed by atoms with Crippen LogP contribution in [0.3, 0.4) is 0 Å². The van der Waals surface area contributed by atoms with Crippen molar-refractivity contribution in [3.63, 3.8) is 0 Å². The van der Waals surface area contributed by atoms with Crippen molar-refractivity contribution in [2.45, 2.75) is 38.0 Å². The normalized spacial score (nSPS) is 15.3. The van der Waals surface area contributed by atoms with Gasteiger partial charge in [-0.1, -0.05) is 39.0 Å². The molecule has 33 heavy (non-hydrogen) atoms. The Bertz CT molecular complexity index is 1130. The molecule has 1 saturated heterocycles. The number of phenols is 1. The molecule has 0 aliphatic carbocycles. The van der Waals surface area contributed by atoms with Gasteiger partial charge in [0.15, 0.2) is 0 Å². The van der Waals surface area contributed by atoms with Crippen LogP contribution in [0.25, 0.3) is 0 Å². The molecule has 0 atom stereocenters. The Hall–Kier alpha value is -2.91. The first-order chi connectivity index (χ1) is 15.4. The van der Waals surface area contributed by atoms with Crippen LogP contribution in [0, 0.1) is 6.92 Å². The second kappa shape index (κ2) is 9.52. The molecule has 9 heteroatoms. The van der Waals surface area contributed by atoms with Crippen LogP contribution in [0.15, 0.2) is 47.4 Å². The van der Waals surface area contributed by atoms with Gasteiger partial charge >= 0.3 is 0 Å². The van der Waals surface area contributed by atoms with E-state index in [1.807, 2.05) is 12.1 Å². The second-order valence-corrected chi connectivity index (χ2v) is 11.2. The molecule has 0 spiro atoms. The van der Waals surface area contributed by atoms with Gasteiger partial charge in [0, 0.05) is 31.7 Å². The summed E-state index contributed by atoms with van der Waals surface area (Å²) in [5, 5.41) is 12.6. The number of aryl methyl sites for hydroxylation is 1. The molecule has 1 aliphatic rings. The van der Waals surface area contributed by atoms with Crippen LogP contribution >= 0.6 is 0 Å². The highest BCUT2D eigenvalue weighted by molar-refractivity contribution is 7.89. The lowest BCUT2D eigenvalue weighted by atomic mass is 9.87. The van der Waals surface area contributed by atoms with E-state index >= 15 is 0 Å². The highest BCUT2D eigenvalue weighted by Crippen LogP contribution is 2.27. The predicted octanol–water partition coefficient (Wildman–Crippen LogP) is 2.26. The number of hydrogen-bond acceptors (Lipinski definition) is 5. The molecule has 1 fully saturated rings. The van der Waals surface area contributed by atoms with Gasteiger partial charge in [0.05, 0.1) is 6.54 Å². The predicted molar refractivity (Wildman–Crippen MR) is 126 cm³/mol. The Balaban J connectivity index is 1.54. The van der Waals surface area contributed by atoms with Gasteiger partial charge in [-0.3, -0.25) is 9.59 Å². The number of carbonyl (C=O) groups is 2. The van der Waals surface area contributed by atoms with E-state index in [0.717, 1.165) is 11.1 Å². The van der Waals surface area contributed by atoms with Crippen molar-refractivity contribution in [2.75, 3.05) is 32.7 Å². The van der Waals surface area contributed by atoms with Crippen molar-refractivity contribution in [1.29, 1.82) is 0 Å². The highest BCUT2D eigenvalue weighted by Gasteiger charge is 2.32. The monoisotopic (exact) mass is 473 g/mol. The molecule has 0 radical (unpaired) electrons. The molecule has 1 aliphatic heterocycles. The van der Waals surface area contributed by atoms with Crippen molar-refractivity contribution in [1.82, 2.24) is 14.5 Å². The summed E-state index contributed by atoms with van der Waals surface area (Å²) < 4.78 is 27.1. The van der Waals surface area contributed by atoms with Gasteiger partial charge in [-0.25, -0.2) is 8.42 Å². The Morgan fingerprint density at radius 3 is 2.18 bits per heavy atom. The van der Waals surface area contributed by atoms with Gasteiger partial charge in [0.1, 0.15) is 10.6 Å². The first-order valence-corrected chi connectivity index (χ1v) is 12.3. The van der Waals surface area contributed by atoms with Gasteiger partial charge < -0.3 is 15.3 Å². The number of benzene rings is 2. The Kier molecular flexibility index (Phi) is 7.14. The number of nitrogens with one attached hydrogen (secondary N) is 1. The van der Waals surface area contributed by atoms with E-state index in [-0.39, 0.29) is 60.6 Å². The zero-order valence-electron chi connectivity index (χ0n) is 19.5. The minimum Gasteiger partial charge on any atom is -0.507 e. The Labute approximate surface area is 195 Å². The summed E-state index contributed by atoms with van der Waals surface area (Å²) in [6.07, 6.45) is 0. The minimum atomic E-state index is -3.86. The Morgan fingerprint density at radius 2 is 1.61 bits per heavy atom. The lowest BCUT2D eigenvalue weighted by Crippen LogP contribution is -2.52. The zero-order valence-corrected chi connectivity index (χ0v) is 20.3. The van der Waals surface area contributed by atoms with E-state index in [2.05, 4.69) is 26.1 Å². The number of hydrogen-bond donors (Lipinski definition) is 2. The van der Waals surface area contributed by atoms with Gasteiger partial charge in [-0.2, -0.15) is 4.31 Å². The van der Waals surface area contributed by atoms with Gasteiger partial charge in [-0.05, 0) is 47.7 Å². The van der Waals surface area contributed by atoms with Crippen LogP contribution in [0.1, 0.15) is 42.3 Å². The molecule has 178 valence electrons. The third-order valence-corrected chi connectivity index (χ3v) is 7.67. The van der Waals surface area contributed by atoms with Crippen molar-refractivity contribution in [2.24, 2.45) is 0 Å². The number of piperazine rings is 1. The molecule has 2 amide bonds. The van der Waals surface area contributed by atoms with E-state index in [9.17, 15) is 23.1 Å². The number of carbonyl (C=O) groups excluding carboxylic acids is 2.